The monoisotopic (exact) mass is 292 g/mol. The van der Waals surface area contributed by atoms with Gasteiger partial charge in [-0.25, -0.2) is 0 Å². The largest absolute Gasteiger partial charge is 0.299 e. The molecule has 0 aromatic heterocycles. The highest BCUT2D eigenvalue weighted by atomic mass is 33.1. The second-order valence-electron chi connectivity index (χ2n) is 6.13. The van der Waals surface area contributed by atoms with E-state index >= 15 is 0 Å². The van der Waals surface area contributed by atoms with Crippen LogP contribution in [0, 0.1) is 5.92 Å². The molecular formula is C16H20OS2. The molecule has 0 heterocycles. The minimum atomic E-state index is 0.283. The summed E-state index contributed by atoms with van der Waals surface area (Å²) in [5, 5.41) is 0.394. The van der Waals surface area contributed by atoms with Gasteiger partial charge in [-0.05, 0) is 41.5 Å². The Hall–Kier alpha value is -0.410. The molecular weight excluding hydrogens is 272 g/mol. The highest BCUT2D eigenvalue weighted by Gasteiger charge is 2.48. The minimum absolute atomic E-state index is 0.283. The summed E-state index contributed by atoms with van der Waals surface area (Å²) in [5.41, 5.74) is 5.81. The molecule has 19 heavy (non-hydrogen) atoms. The Morgan fingerprint density at radius 3 is 2.42 bits per heavy atom. The molecule has 1 aromatic carbocycles. The normalized spacial score (nSPS) is 26.1. The van der Waals surface area contributed by atoms with E-state index in [0.717, 1.165) is 12.8 Å². The van der Waals surface area contributed by atoms with Crippen molar-refractivity contribution in [2.45, 2.75) is 50.7 Å². The molecule has 0 aliphatic heterocycles. The average Bonchev–Trinajstić information content (AvgIpc) is 2.70. The van der Waals surface area contributed by atoms with Crippen molar-refractivity contribution in [1.29, 1.82) is 0 Å². The van der Waals surface area contributed by atoms with E-state index in [2.05, 4.69) is 44.6 Å². The second kappa shape index (κ2) is 4.85. The van der Waals surface area contributed by atoms with Crippen LogP contribution in [-0.2, 0) is 11.2 Å². The van der Waals surface area contributed by atoms with Crippen molar-refractivity contribution in [3.8, 4) is 0 Å². The van der Waals surface area contributed by atoms with E-state index in [4.69, 9.17) is 0 Å². The molecule has 1 aromatic rings. The summed E-state index contributed by atoms with van der Waals surface area (Å²) in [5.74, 6) is 1.80. The number of thiol groups is 1. The summed E-state index contributed by atoms with van der Waals surface area (Å²) >= 11 is 4.36. The van der Waals surface area contributed by atoms with E-state index in [1.54, 1.807) is 10.8 Å². The van der Waals surface area contributed by atoms with E-state index in [9.17, 15) is 4.79 Å². The molecule has 0 saturated heterocycles. The summed E-state index contributed by atoms with van der Waals surface area (Å²) in [7, 11) is 1.59. The van der Waals surface area contributed by atoms with Crippen molar-refractivity contribution in [3.05, 3.63) is 34.4 Å². The number of ketones is 1. The number of hydrogen-bond acceptors (Lipinski definition) is 3. The lowest BCUT2D eigenvalue weighted by Gasteiger charge is -2.30. The van der Waals surface area contributed by atoms with Gasteiger partial charge in [0.05, 0.1) is 0 Å². The highest BCUT2D eigenvalue weighted by molar-refractivity contribution is 8.68. The summed E-state index contributed by atoms with van der Waals surface area (Å²) in [6.07, 6.45) is 1.73. The molecule has 102 valence electrons. The molecule has 3 atom stereocenters. The SMILES string of the molecule is CC(C)c1ccc(C(C)SS)c2c1C1CC(=O)C1C2. The standard InChI is InChI=1S/C16H20OS2/c1-8(2)10-4-5-11(9(3)19-18)13-6-12-14(16(10)13)7-15(12)17/h4-5,8-9,12,14,18H,6-7H2,1-3H3. The van der Waals surface area contributed by atoms with E-state index in [1.807, 2.05) is 0 Å². The van der Waals surface area contributed by atoms with Crippen LogP contribution in [0.5, 0.6) is 0 Å². The number of rotatable bonds is 3. The summed E-state index contributed by atoms with van der Waals surface area (Å²) in [4.78, 5) is 11.8. The predicted octanol–water partition coefficient (Wildman–Crippen LogP) is 4.68. The zero-order chi connectivity index (χ0) is 13.7. The van der Waals surface area contributed by atoms with E-state index < -0.39 is 0 Å². The van der Waals surface area contributed by atoms with Crippen molar-refractivity contribution in [1.82, 2.24) is 0 Å². The zero-order valence-corrected chi connectivity index (χ0v) is 13.4. The molecule has 3 unspecified atom stereocenters. The van der Waals surface area contributed by atoms with Crippen molar-refractivity contribution in [3.63, 3.8) is 0 Å². The number of carbonyl (C=O) groups excluding carboxylic acids is 1. The van der Waals surface area contributed by atoms with Gasteiger partial charge < -0.3 is 0 Å². The van der Waals surface area contributed by atoms with Gasteiger partial charge in [0.2, 0.25) is 0 Å². The van der Waals surface area contributed by atoms with E-state index in [0.29, 0.717) is 22.9 Å². The lowest BCUT2D eigenvalue weighted by atomic mass is 9.71. The van der Waals surface area contributed by atoms with Crippen LogP contribution in [0.15, 0.2) is 12.1 Å². The molecule has 0 N–H and O–H groups in total. The van der Waals surface area contributed by atoms with Crippen molar-refractivity contribution < 1.29 is 4.79 Å². The second-order valence-corrected chi connectivity index (χ2v) is 7.68. The Morgan fingerprint density at radius 2 is 1.84 bits per heavy atom. The quantitative estimate of drug-likeness (QED) is 0.643. The Bertz CT molecular complexity index is 536. The smallest absolute Gasteiger partial charge is 0.137 e. The Morgan fingerprint density at radius 1 is 1.16 bits per heavy atom. The molecule has 3 rings (SSSR count). The molecule has 3 heteroatoms. The zero-order valence-electron chi connectivity index (χ0n) is 11.6. The molecule has 0 radical (unpaired) electrons. The maximum Gasteiger partial charge on any atom is 0.137 e. The van der Waals surface area contributed by atoms with Gasteiger partial charge >= 0.3 is 0 Å². The molecule has 2 aliphatic carbocycles. The minimum Gasteiger partial charge on any atom is -0.299 e. The summed E-state index contributed by atoms with van der Waals surface area (Å²) < 4.78 is 0. The van der Waals surface area contributed by atoms with Crippen molar-refractivity contribution in [2.75, 3.05) is 0 Å². The fraction of sp³-hybridized carbons (Fsp3) is 0.562. The van der Waals surface area contributed by atoms with Crippen LogP contribution in [0.3, 0.4) is 0 Å². The van der Waals surface area contributed by atoms with Crippen LogP contribution in [0.25, 0.3) is 0 Å². The molecule has 1 nitrogen and oxygen atoms in total. The van der Waals surface area contributed by atoms with Gasteiger partial charge in [0.25, 0.3) is 0 Å². The van der Waals surface area contributed by atoms with Crippen LogP contribution in [0.4, 0.5) is 0 Å². The van der Waals surface area contributed by atoms with Gasteiger partial charge in [0, 0.05) is 23.5 Å². The molecule has 0 amide bonds. The third kappa shape index (κ3) is 1.97. The topological polar surface area (TPSA) is 17.1 Å². The fourth-order valence-corrected chi connectivity index (χ4v) is 4.34. The fourth-order valence-electron chi connectivity index (χ4n) is 3.66. The number of benzene rings is 1. The number of Topliss-reactive ketones (excluding diaryl/α,β-unsaturated/α-hetero) is 1. The maximum absolute atomic E-state index is 11.8. The molecule has 1 fully saturated rings. The third-order valence-corrected chi connectivity index (χ3v) is 6.28. The van der Waals surface area contributed by atoms with E-state index in [-0.39, 0.29) is 5.92 Å². The summed E-state index contributed by atoms with van der Waals surface area (Å²) in [6, 6.07) is 4.54. The number of fused-ring (bicyclic) bond motifs is 3. The van der Waals surface area contributed by atoms with Crippen molar-refractivity contribution >= 4 is 28.2 Å². The highest BCUT2D eigenvalue weighted by Crippen LogP contribution is 2.53. The van der Waals surface area contributed by atoms with Gasteiger partial charge in [-0.2, -0.15) is 0 Å². The summed E-state index contributed by atoms with van der Waals surface area (Å²) in [6.45, 7) is 6.70. The lowest BCUT2D eigenvalue weighted by molar-refractivity contribution is -0.130. The molecule has 1 saturated carbocycles. The van der Waals surface area contributed by atoms with Crippen LogP contribution >= 0.6 is 22.5 Å². The maximum atomic E-state index is 11.8. The number of hydrogen-bond donors (Lipinski definition) is 1. The van der Waals surface area contributed by atoms with Gasteiger partial charge in [0.15, 0.2) is 0 Å². The Kier molecular flexibility index (Phi) is 3.46. The van der Waals surface area contributed by atoms with Crippen LogP contribution in [-0.4, -0.2) is 5.78 Å². The van der Waals surface area contributed by atoms with Gasteiger partial charge in [-0.1, -0.05) is 36.8 Å². The average molecular weight is 292 g/mol. The Balaban J connectivity index is 2.13. The van der Waals surface area contributed by atoms with Crippen LogP contribution in [0.1, 0.15) is 66.5 Å². The first-order valence-electron chi connectivity index (χ1n) is 7.03. The first-order chi connectivity index (χ1) is 9.04. The van der Waals surface area contributed by atoms with Gasteiger partial charge in [-0.15, -0.1) is 11.7 Å². The molecule has 0 bridgehead atoms. The van der Waals surface area contributed by atoms with Crippen molar-refractivity contribution in [2.24, 2.45) is 5.92 Å². The molecule has 2 aliphatic rings. The van der Waals surface area contributed by atoms with Crippen LogP contribution in [0.2, 0.25) is 0 Å². The first-order valence-corrected chi connectivity index (χ1v) is 8.96. The lowest BCUT2D eigenvalue weighted by Crippen LogP contribution is -2.32. The van der Waals surface area contributed by atoms with Crippen LogP contribution < -0.4 is 0 Å². The molecule has 0 spiro atoms. The third-order valence-electron chi connectivity index (χ3n) is 4.76. The first kappa shape index (κ1) is 13.6. The number of carbonyl (C=O) groups is 1. The van der Waals surface area contributed by atoms with Gasteiger partial charge in [-0.3, -0.25) is 4.79 Å². The van der Waals surface area contributed by atoms with Gasteiger partial charge in [0.1, 0.15) is 5.78 Å². The van der Waals surface area contributed by atoms with E-state index in [1.165, 1.54) is 22.3 Å². The predicted molar refractivity (Wildman–Crippen MR) is 85.1 cm³/mol. The Labute approximate surface area is 124 Å².